The highest BCUT2D eigenvalue weighted by atomic mass is 127. The maximum Gasteiger partial charge on any atom is 0.190 e. The molecule has 0 aliphatic heterocycles. The molecule has 0 amide bonds. The molecule has 0 heterocycles. The molecule has 0 saturated carbocycles. The van der Waals surface area contributed by atoms with E-state index in [1.165, 1.54) is 5.56 Å². The van der Waals surface area contributed by atoms with Crippen LogP contribution >= 0.6 is 24.0 Å². The lowest BCUT2D eigenvalue weighted by atomic mass is 10.2. The lowest BCUT2D eigenvalue weighted by Crippen LogP contribution is -2.39. The zero-order valence-electron chi connectivity index (χ0n) is 16.0. The normalized spacial score (nSPS) is 11.3. The Bertz CT molecular complexity index is 442. The van der Waals surface area contributed by atoms with Gasteiger partial charge in [-0.05, 0) is 45.3 Å². The molecule has 25 heavy (non-hydrogen) atoms. The zero-order valence-corrected chi connectivity index (χ0v) is 18.3. The molecule has 0 atom stereocenters. The van der Waals surface area contributed by atoms with E-state index in [0.717, 1.165) is 64.6 Å². The summed E-state index contributed by atoms with van der Waals surface area (Å²) in [5.74, 6) is 0.886. The Kier molecular flexibility index (Phi) is 16.0. The number of rotatable bonds is 12. The summed E-state index contributed by atoms with van der Waals surface area (Å²) in [6.45, 7) is 7.59. The van der Waals surface area contributed by atoms with Gasteiger partial charge in [0.1, 0.15) is 0 Å². The van der Waals surface area contributed by atoms with E-state index in [9.17, 15) is 0 Å². The maximum atomic E-state index is 5.33. The first-order valence-electron chi connectivity index (χ1n) is 9.01. The largest absolute Gasteiger partial charge is 0.382 e. The number of nitrogens with zero attached hydrogens (tertiary/aromatic N) is 2. The molecule has 5 nitrogen and oxygen atoms in total. The van der Waals surface area contributed by atoms with Crippen LogP contribution < -0.4 is 10.6 Å². The Morgan fingerprint density at radius 3 is 2.40 bits per heavy atom. The fraction of sp³-hybridized carbons (Fsp3) is 0.632. The molecule has 0 fully saturated rings. The van der Waals surface area contributed by atoms with Gasteiger partial charge in [0.05, 0.1) is 0 Å². The Morgan fingerprint density at radius 1 is 1.08 bits per heavy atom. The molecule has 0 spiro atoms. The SMILES string of the molecule is CCOCCCCNC(=NC)NCCCN(C)Cc1ccccc1.I. The molecular weight excluding hydrogens is 427 g/mol. The van der Waals surface area contributed by atoms with Gasteiger partial charge in [-0.3, -0.25) is 4.99 Å². The summed E-state index contributed by atoms with van der Waals surface area (Å²) in [5.41, 5.74) is 1.36. The minimum absolute atomic E-state index is 0. The number of hydrogen-bond donors (Lipinski definition) is 2. The highest BCUT2D eigenvalue weighted by Gasteiger charge is 2.01. The van der Waals surface area contributed by atoms with Gasteiger partial charge in [0.25, 0.3) is 0 Å². The molecule has 144 valence electrons. The number of guanidine groups is 1. The molecule has 0 unspecified atom stereocenters. The molecule has 0 aliphatic carbocycles. The van der Waals surface area contributed by atoms with E-state index in [2.05, 4.69) is 57.9 Å². The van der Waals surface area contributed by atoms with Crippen LogP contribution in [0.5, 0.6) is 0 Å². The molecule has 0 aromatic heterocycles. The molecular formula is C19H35IN4O. The van der Waals surface area contributed by atoms with Crippen LogP contribution in [0.1, 0.15) is 31.7 Å². The van der Waals surface area contributed by atoms with Crippen LogP contribution in [0.15, 0.2) is 35.3 Å². The van der Waals surface area contributed by atoms with Crippen molar-refractivity contribution in [2.75, 3.05) is 46.9 Å². The van der Waals surface area contributed by atoms with Crippen LogP contribution in [-0.2, 0) is 11.3 Å². The second-order valence-corrected chi connectivity index (χ2v) is 5.91. The minimum Gasteiger partial charge on any atom is -0.382 e. The summed E-state index contributed by atoms with van der Waals surface area (Å²) in [7, 11) is 3.98. The van der Waals surface area contributed by atoms with Crippen LogP contribution in [-0.4, -0.2) is 57.8 Å². The molecule has 1 rings (SSSR count). The predicted octanol–water partition coefficient (Wildman–Crippen LogP) is 3.11. The first-order chi connectivity index (χ1) is 11.8. The molecule has 0 radical (unpaired) electrons. The molecule has 2 N–H and O–H groups in total. The van der Waals surface area contributed by atoms with Gasteiger partial charge in [-0.25, -0.2) is 0 Å². The van der Waals surface area contributed by atoms with Crippen molar-refractivity contribution in [2.45, 2.75) is 32.7 Å². The minimum atomic E-state index is 0. The molecule has 0 saturated heterocycles. The van der Waals surface area contributed by atoms with Crippen LogP contribution in [0.25, 0.3) is 0 Å². The third kappa shape index (κ3) is 13.1. The molecule has 1 aromatic carbocycles. The first-order valence-corrected chi connectivity index (χ1v) is 9.01. The van der Waals surface area contributed by atoms with E-state index in [1.54, 1.807) is 0 Å². The standard InChI is InChI=1S/C19H34N4O.HI/c1-4-24-16-9-8-13-21-19(20-2)22-14-10-15-23(3)17-18-11-6-5-7-12-18;/h5-7,11-12H,4,8-10,13-17H2,1-3H3,(H2,20,21,22);1H. The van der Waals surface area contributed by atoms with Gasteiger partial charge in [0.15, 0.2) is 5.96 Å². The summed E-state index contributed by atoms with van der Waals surface area (Å²) in [5, 5.41) is 6.72. The number of ether oxygens (including phenoxy) is 1. The quantitative estimate of drug-likeness (QED) is 0.217. The predicted molar refractivity (Wildman–Crippen MR) is 118 cm³/mol. The Balaban J connectivity index is 0.00000576. The number of nitrogens with one attached hydrogen (secondary N) is 2. The second-order valence-electron chi connectivity index (χ2n) is 5.91. The van der Waals surface area contributed by atoms with E-state index in [-0.39, 0.29) is 24.0 Å². The van der Waals surface area contributed by atoms with Crippen molar-refractivity contribution in [3.8, 4) is 0 Å². The van der Waals surface area contributed by atoms with E-state index in [0.29, 0.717) is 0 Å². The molecule has 0 bridgehead atoms. The van der Waals surface area contributed by atoms with Crippen molar-refractivity contribution in [3.05, 3.63) is 35.9 Å². The fourth-order valence-electron chi connectivity index (χ4n) is 2.43. The molecule has 0 aliphatic rings. The topological polar surface area (TPSA) is 48.9 Å². The third-order valence-electron chi connectivity index (χ3n) is 3.74. The van der Waals surface area contributed by atoms with Gasteiger partial charge in [0.2, 0.25) is 0 Å². The summed E-state index contributed by atoms with van der Waals surface area (Å²) < 4.78 is 5.33. The van der Waals surface area contributed by atoms with E-state index >= 15 is 0 Å². The summed E-state index contributed by atoms with van der Waals surface area (Å²) in [6, 6.07) is 10.6. The van der Waals surface area contributed by atoms with E-state index in [1.807, 2.05) is 14.0 Å². The molecule has 6 heteroatoms. The second kappa shape index (κ2) is 16.6. The molecule has 1 aromatic rings. The van der Waals surface area contributed by atoms with Crippen LogP contribution in [0.2, 0.25) is 0 Å². The average Bonchev–Trinajstić information content (AvgIpc) is 2.60. The number of halogens is 1. The summed E-state index contributed by atoms with van der Waals surface area (Å²) in [6.07, 6.45) is 3.27. The summed E-state index contributed by atoms with van der Waals surface area (Å²) in [4.78, 5) is 6.60. The number of hydrogen-bond acceptors (Lipinski definition) is 3. The highest BCUT2D eigenvalue weighted by molar-refractivity contribution is 14.0. The van der Waals surface area contributed by atoms with Gasteiger partial charge in [0, 0.05) is 39.9 Å². The fourth-order valence-corrected chi connectivity index (χ4v) is 2.43. The number of aliphatic imine (C=N–C) groups is 1. The van der Waals surface area contributed by atoms with Crippen LogP contribution in [0.3, 0.4) is 0 Å². The lowest BCUT2D eigenvalue weighted by molar-refractivity contribution is 0.143. The van der Waals surface area contributed by atoms with Gasteiger partial charge in [-0.15, -0.1) is 24.0 Å². The summed E-state index contributed by atoms with van der Waals surface area (Å²) >= 11 is 0. The Morgan fingerprint density at radius 2 is 1.76 bits per heavy atom. The third-order valence-corrected chi connectivity index (χ3v) is 3.74. The smallest absolute Gasteiger partial charge is 0.190 e. The van der Waals surface area contributed by atoms with Crippen LogP contribution in [0, 0.1) is 0 Å². The van der Waals surface area contributed by atoms with Crippen LogP contribution in [0.4, 0.5) is 0 Å². The Hall–Kier alpha value is -0.860. The van der Waals surface area contributed by atoms with Crippen molar-refractivity contribution < 1.29 is 4.74 Å². The van der Waals surface area contributed by atoms with Crippen molar-refractivity contribution in [1.29, 1.82) is 0 Å². The van der Waals surface area contributed by atoms with E-state index in [4.69, 9.17) is 4.74 Å². The monoisotopic (exact) mass is 462 g/mol. The number of unbranched alkanes of at least 4 members (excludes halogenated alkanes) is 1. The zero-order chi connectivity index (χ0) is 17.5. The lowest BCUT2D eigenvalue weighted by Gasteiger charge is -2.17. The number of benzene rings is 1. The van der Waals surface area contributed by atoms with Gasteiger partial charge < -0.3 is 20.3 Å². The van der Waals surface area contributed by atoms with Gasteiger partial charge in [-0.1, -0.05) is 30.3 Å². The van der Waals surface area contributed by atoms with Crippen molar-refractivity contribution in [3.63, 3.8) is 0 Å². The maximum absolute atomic E-state index is 5.33. The van der Waals surface area contributed by atoms with Gasteiger partial charge in [-0.2, -0.15) is 0 Å². The van der Waals surface area contributed by atoms with Crippen molar-refractivity contribution in [1.82, 2.24) is 15.5 Å². The van der Waals surface area contributed by atoms with Crippen molar-refractivity contribution >= 4 is 29.9 Å². The highest BCUT2D eigenvalue weighted by Crippen LogP contribution is 2.02. The van der Waals surface area contributed by atoms with E-state index < -0.39 is 0 Å². The first kappa shape index (κ1) is 24.1. The van der Waals surface area contributed by atoms with Crippen molar-refractivity contribution in [2.24, 2.45) is 4.99 Å². The van der Waals surface area contributed by atoms with Gasteiger partial charge >= 0.3 is 0 Å². The average molecular weight is 462 g/mol. The Labute approximate surface area is 170 Å².